The van der Waals surface area contributed by atoms with Crippen molar-refractivity contribution in [2.45, 2.75) is 51.1 Å². The van der Waals surface area contributed by atoms with E-state index in [4.69, 9.17) is 9.97 Å². The molecule has 2 heterocycles. The Morgan fingerprint density at radius 1 is 1.05 bits per heavy atom. The van der Waals surface area contributed by atoms with Crippen LogP contribution in [0.3, 0.4) is 0 Å². The molecule has 1 aromatic heterocycles. The third-order valence-electron chi connectivity index (χ3n) is 4.77. The molecule has 4 rings (SSSR count). The van der Waals surface area contributed by atoms with Gasteiger partial charge in [0.25, 0.3) is 0 Å². The van der Waals surface area contributed by atoms with E-state index in [0.29, 0.717) is 5.92 Å². The van der Waals surface area contributed by atoms with E-state index >= 15 is 0 Å². The minimum atomic E-state index is 0.0719. The van der Waals surface area contributed by atoms with Gasteiger partial charge in [0, 0.05) is 18.7 Å². The standard InChI is InChI=1S/C18H21N3/c1-12(2)16-14-10-19-11-15(14)20-17(21-16)18(8-9-18)13-6-4-3-5-7-13/h3-7,12,19H,8-11H2,1-2H3. The first-order valence-electron chi connectivity index (χ1n) is 7.87. The van der Waals surface area contributed by atoms with Gasteiger partial charge in [-0.15, -0.1) is 0 Å². The Hall–Kier alpha value is -1.74. The maximum atomic E-state index is 5.00. The minimum Gasteiger partial charge on any atom is -0.307 e. The van der Waals surface area contributed by atoms with Crippen LogP contribution in [0.15, 0.2) is 30.3 Å². The van der Waals surface area contributed by atoms with Crippen molar-refractivity contribution in [3.05, 3.63) is 58.7 Å². The second-order valence-corrected chi connectivity index (χ2v) is 6.56. The summed E-state index contributed by atoms with van der Waals surface area (Å²) in [6, 6.07) is 10.8. The molecule has 2 aliphatic rings. The molecular weight excluding hydrogens is 258 g/mol. The number of fused-ring (bicyclic) bond motifs is 1. The average Bonchev–Trinajstić information content (AvgIpc) is 3.18. The van der Waals surface area contributed by atoms with Gasteiger partial charge >= 0.3 is 0 Å². The quantitative estimate of drug-likeness (QED) is 0.937. The van der Waals surface area contributed by atoms with E-state index in [1.165, 1.54) is 35.4 Å². The van der Waals surface area contributed by atoms with E-state index < -0.39 is 0 Å². The molecule has 0 amide bonds. The highest BCUT2D eigenvalue weighted by Crippen LogP contribution is 2.52. The summed E-state index contributed by atoms with van der Waals surface area (Å²) in [5.41, 5.74) is 5.22. The van der Waals surface area contributed by atoms with Gasteiger partial charge in [0.1, 0.15) is 5.82 Å². The molecule has 21 heavy (non-hydrogen) atoms. The first kappa shape index (κ1) is 13.0. The van der Waals surface area contributed by atoms with Crippen LogP contribution in [0, 0.1) is 0 Å². The van der Waals surface area contributed by atoms with Crippen molar-refractivity contribution in [1.29, 1.82) is 0 Å². The maximum absolute atomic E-state index is 5.00. The van der Waals surface area contributed by atoms with Crippen molar-refractivity contribution in [2.24, 2.45) is 0 Å². The van der Waals surface area contributed by atoms with Crippen molar-refractivity contribution in [3.8, 4) is 0 Å². The van der Waals surface area contributed by atoms with E-state index in [9.17, 15) is 0 Å². The number of rotatable bonds is 3. The molecular formula is C18H21N3. The number of nitrogens with one attached hydrogen (secondary N) is 1. The van der Waals surface area contributed by atoms with E-state index in [1.54, 1.807) is 0 Å². The topological polar surface area (TPSA) is 37.8 Å². The van der Waals surface area contributed by atoms with Crippen LogP contribution in [0.25, 0.3) is 0 Å². The number of hydrogen-bond acceptors (Lipinski definition) is 3. The molecule has 2 aromatic rings. The number of nitrogens with zero attached hydrogens (tertiary/aromatic N) is 2. The molecule has 0 saturated heterocycles. The van der Waals surface area contributed by atoms with Gasteiger partial charge in [-0.2, -0.15) is 0 Å². The molecule has 1 aliphatic heterocycles. The Balaban J connectivity index is 1.85. The highest BCUT2D eigenvalue weighted by molar-refractivity contribution is 5.42. The van der Waals surface area contributed by atoms with Gasteiger partial charge in [0.15, 0.2) is 0 Å². The minimum absolute atomic E-state index is 0.0719. The molecule has 3 heteroatoms. The Labute approximate surface area is 125 Å². The molecule has 3 nitrogen and oxygen atoms in total. The Morgan fingerprint density at radius 2 is 1.81 bits per heavy atom. The molecule has 1 N–H and O–H groups in total. The molecule has 1 saturated carbocycles. The van der Waals surface area contributed by atoms with Crippen LogP contribution in [-0.2, 0) is 18.5 Å². The molecule has 1 aliphatic carbocycles. The fraction of sp³-hybridized carbons (Fsp3) is 0.444. The largest absolute Gasteiger partial charge is 0.307 e. The zero-order valence-corrected chi connectivity index (χ0v) is 12.7. The van der Waals surface area contributed by atoms with Gasteiger partial charge in [-0.25, -0.2) is 9.97 Å². The monoisotopic (exact) mass is 279 g/mol. The van der Waals surface area contributed by atoms with Gasteiger partial charge in [0.2, 0.25) is 0 Å². The molecule has 1 aromatic carbocycles. The predicted molar refractivity (Wildman–Crippen MR) is 83.1 cm³/mol. The van der Waals surface area contributed by atoms with Crippen molar-refractivity contribution in [3.63, 3.8) is 0 Å². The fourth-order valence-corrected chi connectivity index (χ4v) is 3.41. The van der Waals surface area contributed by atoms with Crippen molar-refractivity contribution in [1.82, 2.24) is 15.3 Å². The van der Waals surface area contributed by atoms with Crippen LogP contribution < -0.4 is 5.32 Å². The second-order valence-electron chi connectivity index (χ2n) is 6.56. The van der Waals surface area contributed by atoms with Gasteiger partial charge in [-0.3, -0.25) is 0 Å². The Morgan fingerprint density at radius 3 is 2.48 bits per heavy atom. The van der Waals surface area contributed by atoms with E-state index in [1.807, 2.05) is 0 Å². The predicted octanol–water partition coefficient (Wildman–Crippen LogP) is 3.28. The van der Waals surface area contributed by atoms with Crippen molar-refractivity contribution in [2.75, 3.05) is 0 Å². The fourth-order valence-electron chi connectivity index (χ4n) is 3.41. The molecule has 1 fully saturated rings. The lowest BCUT2D eigenvalue weighted by Gasteiger charge is -2.18. The highest BCUT2D eigenvalue weighted by atomic mass is 15.0. The molecule has 108 valence electrons. The summed E-state index contributed by atoms with van der Waals surface area (Å²) in [6.45, 7) is 6.26. The summed E-state index contributed by atoms with van der Waals surface area (Å²) in [4.78, 5) is 9.94. The van der Waals surface area contributed by atoms with Crippen LogP contribution in [0.5, 0.6) is 0 Å². The smallest absolute Gasteiger partial charge is 0.139 e. The molecule has 0 unspecified atom stereocenters. The summed E-state index contributed by atoms with van der Waals surface area (Å²) in [6.07, 6.45) is 2.33. The maximum Gasteiger partial charge on any atom is 0.139 e. The van der Waals surface area contributed by atoms with Crippen molar-refractivity contribution >= 4 is 0 Å². The zero-order chi connectivity index (χ0) is 14.4. The molecule has 0 spiro atoms. The summed E-state index contributed by atoms with van der Waals surface area (Å²) < 4.78 is 0. The summed E-state index contributed by atoms with van der Waals surface area (Å²) in [5.74, 6) is 1.49. The highest BCUT2D eigenvalue weighted by Gasteiger charge is 2.49. The zero-order valence-electron chi connectivity index (χ0n) is 12.7. The lowest BCUT2D eigenvalue weighted by atomic mass is 9.94. The van der Waals surface area contributed by atoms with Crippen LogP contribution in [0.2, 0.25) is 0 Å². The number of aromatic nitrogens is 2. The second kappa shape index (κ2) is 4.63. The summed E-state index contributed by atoms with van der Waals surface area (Å²) in [7, 11) is 0. The molecule has 0 atom stereocenters. The van der Waals surface area contributed by atoms with E-state index in [0.717, 1.165) is 18.9 Å². The van der Waals surface area contributed by atoms with Gasteiger partial charge in [-0.05, 0) is 24.3 Å². The molecule has 0 bridgehead atoms. The number of benzene rings is 1. The summed E-state index contributed by atoms with van der Waals surface area (Å²) in [5, 5.41) is 3.42. The summed E-state index contributed by atoms with van der Waals surface area (Å²) >= 11 is 0. The first-order valence-corrected chi connectivity index (χ1v) is 7.87. The Bertz CT molecular complexity index is 672. The third kappa shape index (κ3) is 1.99. The first-order chi connectivity index (χ1) is 10.2. The number of hydrogen-bond donors (Lipinski definition) is 1. The van der Waals surface area contributed by atoms with Crippen LogP contribution in [-0.4, -0.2) is 9.97 Å². The Kier molecular flexibility index (Phi) is 2.86. The lowest BCUT2D eigenvalue weighted by molar-refractivity contribution is 0.701. The molecule has 0 radical (unpaired) electrons. The van der Waals surface area contributed by atoms with Gasteiger partial charge < -0.3 is 5.32 Å². The lowest BCUT2D eigenvalue weighted by Crippen LogP contribution is -2.17. The van der Waals surface area contributed by atoms with Crippen LogP contribution in [0.1, 0.15) is 60.9 Å². The van der Waals surface area contributed by atoms with E-state index in [-0.39, 0.29) is 5.41 Å². The normalized spacial score (nSPS) is 18.8. The van der Waals surface area contributed by atoms with Crippen LogP contribution >= 0.6 is 0 Å². The van der Waals surface area contributed by atoms with Crippen LogP contribution in [0.4, 0.5) is 0 Å². The van der Waals surface area contributed by atoms with Gasteiger partial charge in [0.05, 0.1) is 16.8 Å². The third-order valence-corrected chi connectivity index (χ3v) is 4.77. The SMILES string of the molecule is CC(C)c1nc(C2(c3ccccc3)CC2)nc2c1CNC2. The van der Waals surface area contributed by atoms with Gasteiger partial charge in [-0.1, -0.05) is 44.2 Å². The van der Waals surface area contributed by atoms with Crippen molar-refractivity contribution < 1.29 is 0 Å². The van der Waals surface area contributed by atoms with E-state index in [2.05, 4.69) is 49.5 Å². The average molecular weight is 279 g/mol.